The zero-order valence-electron chi connectivity index (χ0n) is 13.6. The minimum atomic E-state index is -0.968. The molecule has 0 aliphatic carbocycles. The van der Waals surface area contributed by atoms with Gasteiger partial charge in [-0.3, -0.25) is 9.59 Å². The number of carboxylic acid groups (broad SMARTS) is 1. The maximum Gasteiger partial charge on any atom is 0.326 e. The van der Waals surface area contributed by atoms with Crippen molar-refractivity contribution in [3.63, 3.8) is 0 Å². The fraction of sp³-hybridized carbons (Fsp3) is 0.316. The van der Waals surface area contributed by atoms with E-state index in [1.54, 1.807) is 11.0 Å². The van der Waals surface area contributed by atoms with Crippen molar-refractivity contribution in [1.82, 2.24) is 9.80 Å². The number of carbonyl (C=O) groups is 3. The lowest BCUT2D eigenvalue weighted by Gasteiger charge is -2.38. The lowest BCUT2D eigenvalue weighted by Crippen LogP contribution is -2.58. The van der Waals surface area contributed by atoms with E-state index < -0.39 is 12.0 Å². The first-order valence-electron chi connectivity index (χ1n) is 8.37. The van der Waals surface area contributed by atoms with Crippen LogP contribution in [0.15, 0.2) is 42.5 Å². The highest BCUT2D eigenvalue weighted by atomic mass is 16.4. The zero-order chi connectivity index (χ0) is 17.6. The van der Waals surface area contributed by atoms with Crippen LogP contribution in [0.1, 0.15) is 23.2 Å². The summed E-state index contributed by atoms with van der Waals surface area (Å²) in [5.74, 6) is -1.43. The average molecular weight is 338 g/mol. The summed E-state index contributed by atoms with van der Waals surface area (Å²) in [6.45, 7) is 0.319. The summed E-state index contributed by atoms with van der Waals surface area (Å²) in [7, 11) is 0. The molecule has 4 rings (SSSR count). The molecule has 128 valence electrons. The van der Waals surface area contributed by atoms with Gasteiger partial charge in [0.15, 0.2) is 0 Å². The number of hydrogen-bond acceptors (Lipinski definition) is 3. The maximum absolute atomic E-state index is 13.0. The van der Waals surface area contributed by atoms with Crippen molar-refractivity contribution in [3.05, 3.63) is 48.0 Å². The summed E-state index contributed by atoms with van der Waals surface area (Å²) in [6, 6.07) is 12.2. The van der Waals surface area contributed by atoms with E-state index in [-0.39, 0.29) is 24.4 Å². The van der Waals surface area contributed by atoms with Crippen LogP contribution in [0.5, 0.6) is 0 Å². The molecule has 0 aromatic heterocycles. The van der Waals surface area contributed by atoms with E-state index in [0.717, 1.165) is 10.8 Å². The van der Waals surface area contributed by atoms with E-state index in [2.05, 4.69) is 0 Å². The fourth-order valence-corrected chi connectivity index (χ4v) is 3.98. The number of carboxylic acids is 1. The molecule has 2 unspecified atom stereocenters. The molecule has 0 spiro atoms. The molecule has 1 N–H and O–H groups in total. The van der Waals surface area contributed by atoms with Crippen LogP contribution in [0.4, 0.5) is 0 Å². The molecule has 2 fully saturated rings. The van der Waals surface area contributed by atoms with Crippen molar-refractivity contribution in [2.75, 3.05) is 13.1 Å². The third kappa shape index (κ3) is 2.54. The van der Waals surface area contributed by atoms with Crippen LogP contribution in [0.25, 0.3) is 10.8 Å². The van der Waals surface area contributed by atoms with Crippen molar-refractivity contribution in [1.29, 1.82) is 0 Å². The Labute approximate surface area is 144 Å². The zero-order valence-corrected chi connectivity index (χ0v) is 13.6. The van der Waals surface area contributed by atoms with Gasteiger partial charge in [-0.1, -0.05) is 36.4 Å². The lowest BCUT2D eigenvalue weighted by atomic mass is 10.0. The molecule has 6 heteroatoms. The van der Waals surface area contributed by atoms with Crippen LogP contribution in [0, 0.1) is 0 Å². The van der Waals surface area contributed by atoms with E-state index in [9.17, 15) is 19.5 Å². The van der Waals surface area contributed by atoms with Gasteiger partial charge in [0.25, 0.3) is 5.91 Å². The quantitative estimate of drug-likeness (QED) is 0.905. The predicted octanol–water partition coefficient (Wildman–Crippen LogP) is 1.74. The minimum Gasteiger partial charge on any atom is -0.480 e. The normalized spacial score (nSPS) is 23.0. The van der Waals surface area contributed by atoms with Crippen molar-refractivity contribution in [2.45, 2.75) is 24.9 Å². The molecule has 2 saturated heterocycles. The summed E-state index contributed by atoms with van der Waals surface area (Å²) in [4.78, 5) is 39.8. The summed E-state index contributed by atoms with van der Waals surface area (Å²) < 4.78 is 0. The molecule has 2 aromatic carbocycles. The van der Waals surface area contributed by atoms with Gasteiger partial charge in [0, 0.05) is 12.1 Å². The molecule has 0 bridgehead atoms. The molecule has 2 aliphatic heterocycles. The van der Waals surface area contributed by atoms with E-state index >= 15 is 0 Å². The SMILES string of the molecule is O=C(O)C1CCC2CN(C(=O)c3cccc4ccccc34)CC(=O)N21. The Morgan fingerprint density at radius 3 is 2.60 bits per heavy atom. The number of rotatable bonds is 2. The monoisotopic (exact) mass is 338 g/mol. The molecule has 2 atom stereocenters. The molecule has 0 saturated carbocycles. The number of piperazine rings is 1. The second kappa shape index (κ2) is 5.88. The molecule has 2 aliphatic rings. The van der Waals surface area contributed by atoms with E-state index in [1.807, 2.05) is 36.4 Å². The molecular weight excluding hydrogens is 320 g/mol. The summed E-state index contributed by atoms with van der Waals surface area (Å²) in [5, 5.41) is 11.1. The largest absolute Gasteiger partial charge is 0.480 e. The summed E-state index contributed by atoms with van der Waals surface area (Å²) in [5.41, 5.74) is 0.576. The number of carbonyl (C=O) groups excluding carboxylic acids is 2. The van der Waals surface area contributed by atoms with Crippen molar-refractivity contribution in [2.24, 2.45) is 0 Å². The van der Waals surface area contributed by atoms with Gasteiger partial charge < -0.3 is 14.9 Å². The first-order valence-corrected chi connectivity index (χ1v) is 8.37. The van der Waals surface area contributed by atoms with Gasteiger partial charge >= 0.3 is 5.97 Å². The molecule has 6 nitrogen and oxygen atoms in total. The Bertz CT molecular complexity index is 873. The Kier molecular flexibility index (Phi) is 3.67. The number of fused-ring (bicyclic) bond motifs is 2. The molecule has 2 amide bonds. The van der Waals surface area contributed by atoms with Gasteiger partial charge in [-0.25, -0.2) is 4.79 Å². The van der Waals surface area contributed by atoms with Crippen molar-refractivity contribution >= 4 is 28.6 Å². The van der Waals surface area contributed by atoms with Gasteiger partial charge in [0.1, 0.15) is 12.6 Å². The Morgan fingerprint density at radius 2 is 1.80 bits per heavy atom. The summed E-state index contributed by atoms with van der Waals surface area (Å²) in [6.07, 6.45) is 1.06. The second-order valence-electron chi connectivity index (χ2n) is 6.60. The standard InChI is InChI=1S/C19H18N2O4/c22-17-11-20(10-13-8-9-16(19(24)25)21(13)17)18(23)15-7-3-5-12-4-1-2-6-14(12)15/h1-7,13,16H,8-11H2,(H,24,25). The van der Waals surface area contributed by atoms with E-state index in [0.29, 0.717) is 24.9 Å². The molecular formula is C19H18N2O4. The van der Waals surface area contributed by atoms with Crippen LogP contribution in [0.3, 0.4) is 0 Å². The highest BCUT2D eigenvalue weighted by Gasteiger charge is 2.45. The van der Waals surface area contributed by atoms with Gasteiger partial charge in [-0.2, -0.15) is 0 Å². The minimum absolute atomic E-state index is 0.0671. The molecule has 2 heterocycles. The first-order chi connectivity index (χ1) is 12.1. The number of aliphatic carboxylic acids is 1. The Morgan fingerprint density at radius 1 is 1.04 bits per heavy atom. The highest BCUT2D eigenvalue weighted by Crippen LogP contribution is 2.29. The molecule has 0 radical (unpaired) electrons. The third-order valence-electron chi connectivity index (χ3n) is 5.14. The third-order valence-corrected chi connectivity index (χ3v) is 5.14. The van der Waals surface area contributed by atoms with Crippen LogP contribution >= 0.6 is 0 Å². The number of benzene rings is 2. The Hall–Kier alpha value is -2.89. The van der Waals surface area contributed by atoms with Crippen LogP contribution in [0.2, 0.25) is 0 Å². The van der Waals surface area contributed by atoms with Crippen molar-refractivity contribution < 1.29 is 19.5 Å². The topological polar surface area (TPSA) is 77.9 Å². The second-order valence-corrected chi connectivity index (χ2v) is 6.60. The van der Waals surface area contributed by atoms with Crippen molar-refractivity contribution in [3.8, 4) is 0 Å². The molecule has 25 heavy (non-hydrogen) atoms. The van der Waals surface area contributed by atoms with E-state index in [1.165, 1.54) is 4.90 Å². The number of amides is 2. The van der Waals surface area contributed by atoms with Gasteiger partial charge in [-0.15, -0.1) is 0 Å². The highest BCUT2D eigenvalue weighted by molar-refractivity contribution is 6.08. The first kappa shape index (κ1) is 15.6. The summed E-state index contributed by atoms with van der Waals surface area (Å²) >= 11 is 0. The van der Waals surface area contributed by atoms with Crippen LogP contribution in [-0.4, -0.2) is 57.9 Å². The number of nitrogens with zero attached hydrogens (tertiary/aromatic N) is 2. The van der Waals surface area contributed by atoms with Crippen LogP contribution < -0.4 is 0 Å². The fourth-order valence-electron chi connectivity index (χ4n) is 3.98. The maximum atomic E-state index is 13.0. The van der Waals surface area contributed by atoms with Gasteiger partial charge in [0.05, 0.1) is 6.04 Å². The number of hydrogen-bond donors (Lipinski definition) is 1. The van der Waals surface area contributed by atoms with E-state index in [4.69, 9.17) is 0 Å². The predicted molar refractivity (Wildman–Crippen MR) is 91.1 cm³/mol. The average Bonchev–Trinajstić information content (AvgIpc) is 3.05. The molecule has 2 aromatic rings. The Balaban J connectivity index is 1.62. The lowest BCUT2D eigenvalue weighted by molar-refractivity contribution is -0.152. The van der Waals surface area contributed by atoms with Gasteiger partial charge in [0.2, 0.25) is 5.91 Å². The van der Waals surface area contributed by atoms with Gasteiger partial charge in [-0.05, 0) is 29.7 Å². The van der Waals surface area contributed by atoms with Crippen LogP contribution in [-0.2, 0) is 9.59 Å². The smallest absolute Gasteiger partial charge is 0.326 e.